The number of carbonyl (C=O) groups excluding carboxylic acids is 2. The van der Waals surface area contributed by atoms with E-state index in [1.54, 1.807) is 0 Å². The molecule has 0 aromatic heterocycles. The number of sulfonamides is 1. The highest BCUT2D eigenvalue weighted by atomic mass is 32.2. The normalized spacial score (nSPS) is 11.0. The maximum Gasteiger partial charge on any atom is 0.337 e. The number of carbonyl (C=O) groups is 2. The topological polar surface area (TPSA) is 102 Å². The Morgan fingerprint density at radius 2 is 1.65 bits per heavy atom. The monoisotopic (exact) mass is 380 g/mol. The summed E-state index contributed by atoms with van der Waals surface area (Å²) >= 11 is 0. The number of benzene rings is 2. The van der Waals surface area contributed by atoms with E-state index < -0.39 is 27.7 Å². The van der Waals surface area contributed by atoms with E-state index >= 15 is 0 Å². The lowest BCUT2D eigenvalue weighted by Crippen LogP contribution is -2.27. The minimum absolute atomic E-state index is 0.0855. The molecule has 0 aliphatic heterocycles. The van der Waals surface area contributed by atoms with Gasteiger partial charge in [0.1, 0.15) is 5.82 Å². The fraction of sp³-hybridized carbons (Fsp3) is 0.176. The van der Waals surface area contributed by atoms with Gasteiger partial charge < -0.3 is 10.1 Å². The summed E-state index contributed by atoms with van der Waals surface area (Å²) in [5.74, 6) is -1.43. The fourth-order valence-corrected chi connectivity index (χ4v) is 3.06. The zero-order valence-electron chi connectivity index (χ0n) is 13.9. The van der Waals surface area contributed by atoms with Gasteiger partial charge in [-0.2, -0.15) is 0 Å². The molecule has 0 saturated carbocycles. The number of methoxy groups -OCH3 is 1. The van der Waals surface area contributed by atoms with Crippen molar-refractivity contribution >= 4 is 27.6 Å². The van der Waals surface area contributed by atoms with Crippen molar-refractivity contribution in [2.75, 3.05) is 19.0 Å². The molecule has 0 aliphatic rings. The summed E-state index contributed by atoms with van der Waals surface area (Å²) in [4.78, 5) is 23.1. The van der Waals surface area contributed by atoms with E-state index in [4.69, 9.17) is 0 Å². The molecule has 0 radical (unpaired) electrons. The van der Waals surface area contributed by atoms with Crippen LogP contribution in [-0.4, -0.2) is 33.9 Å². The van der Waals surface area contributed by atoms with Gasteiger partial charge in [-0.05, 0) is 48.5 Å². The molecule has 2 rings (SSSR count). The van der Waals surface area contributed by atoms with Crippen LogP contribution in [-0.2, 0) is 19.6 Å². The third kappa shape index (κ3) is 5.36. The number of hydrogen-bond acceptors (Lipinski definition) is 5. The van der Waals surface area contributed by atoms with E-state index in [1.165, 1.54) is 31.4 Å². The fourth-order valence-electron chi connectivity index (χ4n) is 2.03. The van der Waals surface area contributed by atoms with Crippen LogP contribution >= 0.6 is 0 Å². The van der Waals surface area contributed by atoms with E-state index in [9.17, 15) is 22.4 Å². The van der Waals surface area contributed by atoms with Gasteiger partial charge in [-0.3, -0.25) is 4.79 Å². The lowest BCUT2D eigenvalue weighted by Gasteiger charge is -2.08. The Morgan fingerprint density at radius 3 is 2.23 bits per heavy atom. The maximum atomic E-state index is 12.8. The molecule has 2 aromatic rings. The van der Waals surface area contributed by atoms with Crippen molar-refractivity contribution in [2.45, 2.75) is 11.3 Å². The number of nitrogens with one attached hydrogen (secondary N) is 2. The lowest BCUT2D eigenvalue weighted by molar-refractivity contribution is -0.116. The average molecular weight is 380 g/mol. The number of halogens is 1. The number of esters is 1. The summed E-state index contributed by atoms with van der Waals surface area (Å²) in [6.07, 6.45) is -0.0980. The van der Waals surface area contributed by atoms with Gasteiger partial charge >= 0.3 is 5.97 Å². The molecule has 0 atom stereocenters. The van der Waals surface area contributed by atoms with Crippen LogP contribution in [0.4, 0.5) is 10.1 Å². The van der Waals surface area contributed by atoms with Crippen molar-refractivity contribution in [1.82, 2.24) is 4.72 Å². The van der Waals surface area contributed by atoms with Crippen molar-refractivity contribution in [3.8, 4) is 0 Å². The highest BCUT2D eigenvalue weighted by Crippen LogP contribution is 2.11. The van der Waals surface area contributed by atoms with Crippen LogP contribution in [0, 0.1) is 5.82 Å². The van der Waals surface area contributed by atoms with Crippen molar-refractivity contribution < 1.29 is 27.1 Å². The van der Waals surface area contributed by atoms with Crippen LogP contribution in [0.3, 0.4) is 0 Å². The number of amides is 1. The second-order valence-corrected chi connectivity index (χ2v) is 6.99. The Hall–Kier alpha value is -2.78. The van der Waals surface area contributed by atoms with Crippen LogP contribution in [0.25, 0.3) is 0 Å². The van der Waals surface area contributed by atoms with E-state index in [0.717, 1.165) is 24.3 Å². The van der Waals surface area contributed by atoms with E-state index in [1.807, 2.05) is 0 Å². The second-order valence-electron chi connectivity index (χ2n) is 5.22. The molecule has 1 amide bonds. The third-order valence-corrected chi connectivity index (χ3v) is 4.83. The first kappa shape index (κ1) is 19.5. The van der Waals surface area contributed by atoms with E-state index in [2.05, 4.69) is 14.8 Å². The van der Waals surface area contributed by atoms with Crippen LogP contribution in [0.1, 0.15) is 16.8 Å². The minimum Gasteiger partial charge on any atom is -0.465 e. The molecular formula is C17H17FN2O5S. The van der Waals surface area contributed by atoms with Crippen LogP contribution in [0.15, 0.2) is 53.4 Å². The number of anilines is 1. The van der Waals surface area contributed by atoms with Crippen LogP contribution in [0.5, 0.6) is 0 Å². The first-order chi connectivity index (χ1) is 12.3. The summed E-state index contributed by atoms with van der Waals surface area (Å²) in [6, 6.07) is 10.4. The molecule has 2 N–H and O–H groups in total. The quantitative estimate of drug-likeness (QED) is 0.715. The molecule has 0 saturated heterocycles. The number of rotatable bonds is 7. The Kier molecular flexibility index (Phi) is 6.42. The minimum atomic E-state index is -3.81. The van der Waals surface area contributed by atoms with Crippen LogP contribution < -0.4 is 10.0 Å². The first-order valence-corrected chi connectivity index (χ1v) is 9.03. The summed E-state index contributed by atoms with van der Waals surface area (Å²) in [5, 5.41) is 2.58. The molecule has 0 aliphatic carbocycles. The van der Waals surface area contributed by atoms with Gasteiger partial charge in [0.15, 0.2) is 0 Å². The van der Waals surface area contributed by atoms with Crippen LogP contribution in [0.2, 0.25) is 0 Å². The van der Waals surface area contributed by atoms with Gasteiger partial charge in [0.2, 0.25) is 15.9 Å². The highest BCUT2D eigenvalue weighted by Gasteiger charge is 2.14. The Bertz CT molecular complexity index is 880. The average Bonchev–Trinajstić information content (AvgIpc) is 2.62. The zero-order chi connectivity index (χ0) is 19.2. The van der Waals surface area contributed by atoms with Gasteiger partial charge in [-0.15, -0.1) is 0 Å². The molecule has 9 heteroatoms. The predicted octanol–water partition coefficient (Wildman–Crippen LogP) is 1.92. The predicted molar refractivity (Wildman–Crippen MR) is 92.6 cm³/mol. The molecule has 26 heavy (non-hydrogen) atoms. The summed E-state index contributed by atoms with van der Waals surface area (Å²) in [5.41, 5.74) is 0.807. The molecular weight excluding hydrogens is 363 g/mol. The molecule has 138 valence electrons. The van der Waals surface area contributed by atoms with Crippen molar-refractivity contribution in [3.05, 3.63) is 59.9 Å². The Labute approximate surface area is 150 Å². The third-order valence-electron chi connectivity index (χ3n) is 3.36. The Balaban J connectivity index is 1.85. The van der Waals surface area contributed by atoms with Gasteiger partial charge in [0, 0.05) is 18.7 Å². The molecule has 7 nitrogen and oxygen atoms in total. The van der Waals surface area contributed by atoms with Gasteiger partial charge in [-0.1, -0.05) is 0 Å². The first-order valence-electron chi connectivity index (χ1n) is 7.55. The van der Waals surface area contributed by atoms with E-state index in [0.29, 0.717) is 11.3 Å². The maximum absolute atomic E-state index is 12.8. The van der Waals surface area contributed by atoms with Gasteiger partial charge in [0.25, 0.3) is 0 Å². The summed E-state index contributed by atoms with van der Waals surface area (Å²) in [7, 11) is -2.54. The van der Waals surface area contributed by atoms with Gasteiger partial charge in [0.05, 0.1) is 17.6 Å². The van der Waals surface area contributed by atoms with Crippen molar-refractivity contribution in [2.24, 2.45) is 0 Å². The van der Waals surface area contributed by atoms with Gasteiger partial charge in [-0.25, -0.2) is 22.3 Å². The standard InChI is InChI=1S/C17H17FN2O5S/c1-25-17(22)12-2-6-14(7-3-12)20-16(21)10-11-19-26(23,24)15-8-4-13(18)5-9-15/h2-9,19H,10-11H2,1H3,(H,20,21). The number of hydrogen-bond donors (Lipinski definition) is 2. The largest absolute Gasteiger partial charge is 0.465 e. The summed E-state index contributed by atoms with van der Waals surface area (Å²) < 4.78 is 43.7. The lowest BCUT2D eigenvalue weighted by atomic mass is 10.2. The molecule has 0 fully saturated rings. The van der Waals surface area contributed by atoms with Crippen molar-refractivity contribution in [3.63, 3.8) is 0 Å². The zero-order valence-corrected chi connectivity index (χ0v) is 14.7. The Morgan fingerprint density at radius 1 is 1.04 bits per heavy atom. The SMILES string of the molecule is COC(=O)c1ccc(NC(=O)CCNS(=O)(=O)c2ccc(F)cc2)cc1. The van der Waals surface area contributed by atoms with Crippen molar-refractivity contribution in [1.29, 1.82) is 0 Å². The number of ether oxygens (including phenoxy) is 1. The highest BCUT2D eigenvalue weighted by molar-refractivity contribution is 7.89. The molecule has 2 aromatic carbocycles. The van der Waals surface area contributed by atoms with E-state index in [-0.39, 0.29) is 17.9 Å². The second kappa shape index (κ2) is 8.54. The molecule has 0 unspecified atom stereocenters. The molecule has 0 heterocycles. The summed E-state index contributed by atoms with van der Waals surface area (Å²) in [6.45, 7) is -0.119. The molecule has 0 spiro atoms. The smallest absolute Gasteiger partial charge is 0.337 e. The molecule has 0 bridgehead atoms.